The first-order chi connectivity index (χ1) is 4.00. The Morgan fingerprint density at radius 3 is 0.375 bits per heavy atom. The van der Waals surface area contributed by atoms with E-state index in [9.17, 15) is 0 Å². The van der Waals surface area contributed by atoms with Gasteiger partial charge in [0.25, 0.3) is 0 Å². The predicted octanol–water partition coefficient (Wildman–Crippen LogP) is -12.0. The third-order valence-corrected chi connectivity index (χ3v) is 0. The molecule has 0 saturated heterocycles. The first-order valence-electron chi connectivity index (χ1n) is 1.40. The van der Waals surface area contributed by atoms with Gasteiger partial charge in [0, 0.05) is 46.9 Å². The van der Waals surface area contributed by atoms with Crippen molar-refractivity contribution < 1.29 is 101 Å². The fraction of sp³-hybridized carbons (Fsp3) is 0. The molecule has 0 rings (SSSR count). The standard InChI is InChI=1S/Al.Na.2H2O4S.12H2O/c;;2*1-5(2,3)4;;;;;;;;;;;;/h;;2*(H2,1,2,3,4);12*1H2. The molecule has 0 aliphatic carbocycles. The number of rotatable bonds is 0. The summed E-state index contributed by atoms with van der Waals surface area (Å²) in [5.74, 6) is 0. The topological polar surface area (TPSA) is 527 Å². The van der Waals surface area contributed by atoms with Crippen molar-refractivity contribution in [1.82, 2.24) is 0 Å². The molecule has 0 aliphatic heterocycles. The Bertz CT molecular complexity index is 218. The molecule has 0 aromatic heterocycles. The minimum atomic E-state index is -4.67. The molecule has 0 aromatic carbocycles. The second kappa shape index (κ2) is 75.5. The molecule has 0 amide bonds. The first kappa shape index (κ1) is 182. The van der Waals surface area contributed by atoms with Crippen molar-refractivity contribution in [2.45, 2.75) is 0 Å². The van der Waals surface area contributed by atoms with Gasteiger partial charge < -0.3 is 65.7 Å². The second-order valence-corrected chi connectivity index (χ2v) is 2.69. The van der Waals surface area contributed by atoms with Crippen LogP contribution in [0.2, 0.25) is 0 Å². The Hall–Kier alpha value is 0.792. The molecule has 0 aromatic rings. The third kappa shape index (κ3) is 17200. The van der Waals surface area contributed by atoms with E-state index >= 15 is 0 Å². The van der Waals surface area contributed by atoms with Gasteiger partial charge >= 0.3 is 20.8 Å². The maximum absolute atomic E-state index is 8.74. The van der Waals surface area contributed by atoms with E-state index in [1.807, 2.05) is 0 Å². The van der Waals surface area contributed by atoms with E-state index in [0.717, 1.165) is 0 Å². The molecule has 0 atom stereocenters. The zero-order valence-corrected chi connectivity index (χ0v) is 16.6. The van der Waals surface area contributed by atoms with E-state index in [1.165, 1.54) is 0 Å². The van der Waals surface area contributed by atoms with E-state index in [2.05, 4.69) is 0 Å². The molecule has 4 radical (unpaired) electrons. The smallest absolute Gasteiger partial charge is 0.394 e. The minimum Gasteiger partial charge on any atom is -0.412 e. The molecule has 0 unspecified atom stereocenters. The van der Waals surface area contributed by atoms with Crippen LogP contribution in [0.5, 0.6) is 0 Å². The predicted molar refractivity (Wildman–Crippen MR) is 83.2 cm³/mol. The van der Waals surface area contributed by atoms with Crippen LogP contribution in [0.25, 0.3) is 0 Å². The average molecular weight is 462 g/mol. The van der Waals surface area contributed by atoms with Gasteiger partial charge in [-0.25, -0.2) is 0 Å². The van der Waals surface area contributed by atoms with Gasteiger partial charge in [0.15, 0.2) is 0 Å². The van der Waals surface area contributed by atoms with Gasteiger partial charge in [0.1, 0.15) is 0 Å². The summed E-state index contributed by atoms with van der Waals surface area (Å²) < 4.78 is 63.2. The van der Waals surface area contributed by atoms with E-state index in [0.29, 0.717) is 0 Å². The second-order valence-electron chi connectivity index (χ2n) is 0.896. The van der Waals surface area contributed by atoms with Crippen LogP contribution in [-0.2, 0) is 20.8 Å². The van der Waals surface area contributed by atoms with Gasteiger partial charge in [-0.05, 0) is 0 Å². The molecule has 0 aliphatic rings. The monoisotopic (exact) mass is 462 g/mol. The maximum Gasteiger partial charge on any atom is 0.394 e. The minimum absolute atomic E-state index is 0. The molecule has 0 heterocycles. The van der Waals surface area contributed by atoms with Crippen LogP contribution >= 0.6 is 0 Å². The van der Waals surface area contributed by atoms with Crippen molar-refractivity contribution in [2.24, 2.45) is 0 Å². The van der Waals surface area contributed by atoms with Crippen LogP contribution in [0, 0.1) is 0 Å². The molecule has 20 nitrogen and oxygen atoms in total. The van der Waals surface area contributed by atoms with Crippen LogP contribution < -0.4 is 0 Å². The van der Waals surface area contributed by atoms with Crippen LogP contribution in [0.15, 0.2) is 0 Å². The molecule has 0 spiro atoms. The summed E-state index contributed by atoms with van der Waals surface area (Å²) in [4.78, 5) is 0. The van der Waals surface area contributed by atoms with Crippen LogP contribution in [0.3, 0.4) is 0 Å². The Balaban J connectivity index is -0.00000000241. The molecule has 0 saturated carbocycles. The van der Waals surface area contributed by atoms with Crippen molar-refractivity contribution in [3.63, 3.8) is 0 Å². The van der Waals surface area contributed by atoms with Gasteiger partial charge in [0.05, 0.1) is 0 Å². The van der Waals surface area contributed by atoms with Crippen LogP contribution in [0.1, 0.15) is 0 Å². The van der Waals surface area contributed by atoms with Crippen molar-refractivity contribution in [1.29, 1.82) is 0 Å². The normalized spacial score (nSPS) is 4.83. The summed E-state index contributed by atoms with van der Waals surface area (Å²) in [7, 11) is -9.33. The fourth-order valence-electron chi connectivity index (χ4n) is 0. The zero-order chi connectivity index (χ0) is 9.00. The van der Waals surface area contributed by atoms with Gasteiger partial charge in [-0.15, -0.1) is 0 Å². The first-order valence-corrected chi connectivity index (χ1v) is 4.19. The van der Waals surface area contributed by atoms with Crippen molar-refractivity contribution >= 4 is 67.7 Å². The molecule has 24 heavy (non-hydrogen) atoms. The number of hydrogen-bond donors (Lipinski definition) is 4. The van der Waals surface area contributed by atoms with Gasteiger partial charge in [-0.3, -0.25) is 18.2 Å². The summed E-state index contributed by atoms with van der Waals surface area (Å²) in [6.07, 6.45) is 0. The summed E-state index contributed by atoms with van der Waals surface area (Å²) in [5.41, 5.74) is 0. The summed E-state index contributed by atoms with van der Waals surface area (Å²) >= 11 is 0. The zero-order valence-electron chi connectivity index (χ0n) is 11.8. The van der Waals surface area contributed by atoms with E-state index < -0.39 is 20.8 Å². The Morgan fingerprint density at radius 2 is 0.375 bits per heavy atom. The summed E-state index contributed by atoms with van der Waals surface area (Å²) in [5, 5.41) is 0. The fourth-order valence-corrected chi connectivity index (χ4v) is 0. The molecule has 0 bridgehead atoms. The van der Waals surface area contributed by atoms with Crippen molar-refractivity contribution in [3.8, 4) is 0 Å². The summed E-state index contributed by atoms with van der Waals surface area (Å²) in [6, 6.07) is 0. The van der Waals surface area contributed by atoms with E-state index in [4.69, 9.17) is 35.0 Å². The summed E-state index contributed by atoms with van der Waals surface area (Å²) in [6.45, 7) is 0. The van der Waals surface area contributed by atoms with Gasteiger partial charge in [-0.1, -0.05) is 0 Å². The average Bonchev–Trinajstić information content (AvgIpc) is 1.12. The van der Waals surface area contributed by atoms with E-state index in [-0.39, 0.29) is 113 Å². The van der Waals surface area contributed by atoms with Crippen LogP contribution in [-0.4, -0.2) is 148 Å². The van der Waals surface area contributed by atoms with Gasteiger partial charge in [-0.2, -0.15) is 16.8 Å². The quantitative estimate of drug-likeness (QED) is 0.197. The largest absolute Gasteiger partial charge is 0.412 e. The van der Waals surface area contributed by atoms with Crippen LogP contribution in [0.4, 0.5) is 0 Å². The Morgan fingerprint density at radius 1 is 0.375 bits per heavy atom. The van der Waals surface area contributed by atoms with E-state index in [1.54, 1.807) is 0 Å². The third-order valence-electron chi connectivity index (χ3n) is 0. The Labute approximate surface area is 168 Å². The molecule has 24 heteroatoms. The molecular formula is H28AlNaO20S2. The van der Waals surface area contributed by atoms with Crippen molar-refractivity contribution in [3.05, 3.63) is 0 Å². The van der Waals surface area contributed by atoms with Crippen molar-refractivity contribution in [2.75, 3.05) is 0 Å². The van der Waals surface area contributed by atoms with Gasteiger partial charge in [0.2, 0.25) is 0 Å². The number of hydrogen-bond acceptors (Lipinski definition) is 4. The maximum atomic E-state index is 8.74. The Kier molecular flexibility index (Phi) is 571. The molecule has 0 fully saturated rings. The SMILES string of the molecule is O.O.O.O.O.O.O.O.O.O.O.O.O=S(=O)(O)O.O=S(=O)(O)O.[Al].[Na]. The molecule has 164 valence electrons. The molecular weight excluding hydrogens is 434 g/mol. The molecule has 28 N–H and O–H groups in total.